The van der Waals surface area contributed by atoms with E-state index in [9.17, 15) is 0 Å². The Morgan fingerprint density at radius 2 is 2.13 bits per heavy atom. The molecule has 2 rings (SSSR count). The van der Waals surface area contributed by atoms with Crippen LogP contribution >= 0.6 is 0 Å². The van der Waals surface area contributed by atoms with Crippen molar-refractivity contribution in [2.45, 2.75) is 31.8 Å². The van der Waals surface area contributed by atoms with E-state index in [1.165, 1.54) is 31.4 Å². The molecule has 0 amide bonds. The molecule has 2 heterocycles. The Hall–Kier alpha value is -0.930. The van der Waals surface area contributed by atoms with Crippen molar-refractivity contribution >= 4 is 0 Å². The number of hydrogen-bond donors (Lipinski definition) is 1. The van der Waals surface area contributed by atoms with Crippen LogP contribution in [0.2, 0.25) is 0 Å². The van der Waals surface area contributed by atoms with Crippen LogP contribution in [0.25, 0.3) is 0 Å². The predicted molar refractivity (Wildman–Crippen MR) is 61.3 cm³/mol. The predicted octanol–water partition coefficient (Wildman–Crippen LogP) is 1.39. The van der Waals surface area contributed by atoms with Crippen molar-refractivity contribution in [1.29, 1.82) is 0 Å². The average molecular weight is 205 g/mol. The van der Waals surface area contributed by atoms with Gasteiger partial charge in [0, 0.05) is 31.5 Å². The summed E-state index contributed by atoms with van der Waals surface area (Å²) in [5.41, 5.74) is 7.13. The van der Waals surface area contributed by atoms with Gasteiger partial charge in [0.25, 0.3) is 0 Å². The third-order valence-electron chi connectivity index (χ3n) is 3.16. The quantitative estimate of drug-likeness (QED) is 0.811. The number of piperidine rings is 1. The van der Waals surface area contributed by atoms with Gasteiger partial charge >= 0.3 is 0 Å². The monoisotopic (exact) mass is 205 g/mol. The molecule has 0 bridgehead atoms. The second-order valence-electron chi connectivity index (χ2n) is 4.21. The van der Waals surface area contributed by atoms with Crippen molar-refractivity contribution in [3.05, 3.63) is 30.1 Å². The first-order valence-corrected chi connectivity index (χ1v) is 5.73. The third-order valence-corrected chi connectivity index (χ3v) is 3.16. The first kappa shape index (κ1) is 10.6. The summed E-state index contributed by atoms with van der Waals surface area (Å²) < 4.78 is 0. The lowest BCUT2D eigenvalue weighted by atomic mass is 10.0. The molecule has 1 atom stereocenters. The number of rotatable bonds is 3. The Balaban J connectivity index is 1.97. The minimum atomic E-state index is 0.576. The fraction of sp³-hybridized carbons (Fsp3) is 0.583. The van der Waals surface area contributed by atoms with Crippen molar-refractivity contribution < 1.29 is 0 Å². The molecule has 15 heavy (non-hydrogen) atoms. The van der Waals surface area contributed by atoms with Crippen LogP contribution in [-0.4, -0.2) is 29.0 Å². The molecule has 1 fully saturated rings. The third kappa shape index (κ3) is 2.76. The van der Waals surface area contributed by atoms with Gasteiger partial charge in [-0.15, -0.1) is 0 Å². The summed E-state index contributed by atoms with van der Waals surface area (Å²) >= 11 is 0. The molecule has 3 heteroatoms. The van der Waals surface area contributed by atoms with E-state index in [1.54, 1.807) is 0 Å². The van der Waals surface area contributed by atoms with Crippen LogP contribution in [0.4, 0.5) is 0 Å². The molecule has 3 nitrogen and oxygen atoms in total. The highest BCUT2D eigenvalue weighted by atomic mass is 15.2. The van der Waals surface area contributed by atoms with Gasteiger partial charge in [0.05, 0.1) is 0 Å². The molecule has 0 saturated carbocycles. The molecule has 1 saturated heterocycles. The second-order valence-corrected chi connectivity index (χ2v) is 4.21. The van der Waals surface area contributed by atoms with E-state index in [0.29, 0.717) is 6.04 Å². The van der Waals surface area contributed by atoms with Crippen LogP contribution in [0.3, 0.4) is 0 Å². The van der Waals surface area contributed by atoms with E-state index < -0.39 is 0 Å². The van der Waals surface area contributed by atoms with Gasteiger partial charge in [-0.3, -0.25) is 9.88 Å². The highest BCUT2D eigenvalue weighted by Gasteiger charge is 2.20. The van der Waals surface area contributed by atoms with Crippen LogP contribution in [0, 0.1) is 0 Å². The van der Waals surface area contributed by atoms with Crippen molar-refractivity contribution in [2.24, 2.45) is 5.73 Å². The van der Waals surface area contributed by atoms with Crippen molar-refractivity contribution in [2.75, 3.05) is 13.1 Å². The summed E-state index contributed by atoms with van der Waals surface area (Å²) in [7, 11) is 0. The Morgan fingerprint density at radius 1 is 1.33 bits per heavy atom. The van der Waals surface area contributed by atoms with E-state index in [1.807, 2.05) is 12.4 Å². The molecular weight excluding hydrogens is 186 g/mol. The fourth-order valence-corrected chi connectivity index (χ4v) is 2.26. The SMILES string of the molecule is NC[C@H]1CCCCN1Cc1ccncc1. The molecule has 0 radical (unpaired) electrons. The molecule has 0 aliphatic carbocycles. The molecule has 1 aliphatic heterocycles. The summed E-state index contributed by atoms with van der Waals surface area (Å²) in [5, 5.41) is 0. The van der Waals surface area contributed by atoms with Crippen LogP contribution in [-0.2, 0) is 6.54 Å². The number of likely N-dealkylation sites (tertiary alicyclic amines) is 1. The van der Waals surface area contributed by atoms with Crippen LogP contribution in [0.5, 0.6) is 0 Å². The summed E-state index contributed by atoms with van der Waals surface area (Å²) in [4.78, 5) is 6.53. The van der Waals surface area contributed by atoms with Gasteiger partial charge in [-0.05, 0) is 37.1 Å². The maximum Gasteiger partial charge on any atom is 0.0271 e. The van der Waals surface area contributed by atoms with Gasteiger partial charge in [0.15, 0.2) is 0 Å². The smallest absolute Gasteiger partial charge is 0.0271 e. The van der Waals surface area contributed by atoms with Crippen LogP contribution in [0.15, 0.2) is 24.5 Å². The first-order valence-electron chi connectivity index (χ1n) is 5.73. The zero-order valence-corrected chi connectivity index (χ0v) is 9.10. The summed E-state index contributed by atoms with van der Waals surface area (Å²) in [6, 6.07) is 4.75. The van der Waals surface area contributed by atoms with E-state index >= 15 is 0 Å². The summed E-state index contributed by atoms with van der Waals surface area (Å²) in [6.45, 7) is 2.99. The number of nitrogens with two attached hydrogens (primary N) is 1. The Morgan fingerprint density at radius 3 is 2.87 bits per heavy atom. The van der Waals surface area contributed by atoms with E-state index in [4.69, 9.17) is 5.73 Å². The Kier molecular flexibility index (Phi) is 3.69. The largest absolute Gasteiger partial charge is 0.329 e. The number of nitrogens with zero attached hydrogens (tertiary/aromatic N) is 2. The Labute approximate surface area is 91.3 Å². The van der Waals surface area contributed by atoms with Gasteiger partial charge in [-0.1, -0.05) is 6.42 Å². The molecular formula is C12H19N3. The van der Waals surface area contributed by atoms with Crippen molar-refractivity contribution in [3.8, 4) is 0 Å². The average Bonchev–Trinajstić information content (AvgIpc) is 2.31. The van der Waals surface area contributed by atoms with Gasteiger partial charge in [0.1, 0.15) is 0 Å². The lowest BCUT2D eigenvalue weighted by Gasteiger charge is -2.34. The fourth-order valence-electron chi connectivity index (χ4n) is 2.26. The van der Waals surface area contributed by atoms with Crippen molar-refractivity contribution in [3.63, 3.8) is 0 Å². The highest BCUT2D eigenvalue weighted by Crippen LogP contribution is 2.18. The Bertz CT molecular complexity index is 286. The van der Waals surface area contributed by atoms with Gasteiger partial charge in [-0.2, -0.15) is 0 Å². The maximum absolute atomic E-state index is 5.79. The highest BCUT2D eigenvalue weighted by molar-refractivity contribution is 5.09. The molecule has 0 unspecified atom stereocenters. The molecule has 0 spiro atoms. The lowest BCUT2D eigenvalue weighted by Crippen LogP contribution is -2.43. The van der Waals surface area contributed by atoms with E-state index in [-0.39, 0.29) is 0 Å². The maximum atomic E-state index is 5.79. The number of hydrogen-bond acceptors (Lipinski definition) is 3. The minimum absolute atomic E-state index is 0.576. The molecule has 1 aliphatic rings. The van der Waals surface area contributed by atoms with Crippen molar-refractivity contribution in [1.82, 2.24) is 9.88 Å². The molecule has 1 aromatic rings. The van der Waals surface area contributed by atoms with Gasteiger partial charge < -0.3 is 5.73 Å². The van der Waals surface area contributed by atoms with Crippen LogP contribution < -0.4 is 5.73 Å². The number of aromatic nitrogens is 1. The second kappa shape index (κ2) is 5.24. The van der Waals surface area contributed by atoms with E-state index in [0.717, 1.165) is 13.1 Å². The topological polar surface area (TPSA) is 42.1 Å². The van der Waals surface area contributed by atoms with E-state index in [2.05, 4.69) is 22.0 Å². The lowest BCUT2D eigenvalue weighted by molar-refractivity contribution is 0.145. The van der Waals surface area contributed by atoms with Gasteiger partial charge in [-0.25, -0.2) is 0 Å². The molecule has 2 N–H and O–H groups in total. The zero-order valence-electron chi connectivity index (χ0n) is 9.10. The normalized spacial score (nSPS) is 22.9. The minimum Gasteiger partial charge on any atom is -0.329 e. The van der Waals surface area contributed by atoms with Gasteiger partial charge in [0.2, 0.25) is 0 Å². The standard InChI is InChI=1S/C12H19N3/c13-9-12-3-1-2-8-15(12)10-11-4-6-14-7-5-11/h4-7,12H,1-3,8-10,13H2/t12-/m1/s1. The zero-order chi connectivity index (χ0) is 10.5. The molecule has 0 aromatic carbocycles. The molecule has 82 valence electrons. The van der Waals surface area contributed by atoms with Crippen LogP contribution in [0.1, 0.15) is 24.8 Å². The summed E-state index contributed by atoms with van der Waals surface area (Å²) in [6.07, 6.45) is 7.60. The number of pyridine rings is 1. The summed E-state index contributed by atoms with van der Waals surface area (Å²) in [5.74, 6) is 0. The first-order chi connectivity index (χ1) is 7.40. The molecule has 1 aromatic heterocycles.